The Hall–Kier alpha value is -0.520. The molecule has 0 N–H and O–H groups in total. The van der Waals surface area contributed by atoms with Crippen molar-refractivity contribution in [2.75, 3.05) is 0 Å². The molecule has 4 nitrogen and oxygen atoms in total. The van der Waals surface area contributed by atoms with Crippen molar-refractivity contribution in [1.29, 1.82) is 0 Å². The fourth-order valence-electron chi connectivity index (χ4n) is 0.895. The molecule has 0 atom stereocenters. The molecule has 0 aliphatic heterocycles. The fourth-order valence-corrected chi connectivity index (χ4v) is 2.03. The summed E-state index contributed by atoms with van der Waals surface area (Å²) in [5.74, 6) is -0.0376. The summed E-state index contributed by atoms with van der Waals surface area (Å²) in [6.45, 7) is 3.50. The maximum absolute atomic E-state index is 11.2. The summed E-state index contributed by atoms with van der Waals surface area (Å²) in [5.41, 5.74) is 0. The molecule has 0 aliphatic rings. The summed E-state index contributed by atoms with van der Waals surface area (Å²) in [6.07, 6.45) is 1.10. The lowest BCUT2D eigenvalue weighted by molar-refractivity contribution is 0.226. The van der Waals surface area contributed by atoms with Gasteiger partial charge >= 0.3 is 0 Å². The highest BCUT2D eigenvalue weighted by Crippen LogP contribution is 2.27. The van der Waals surface area contributed by atoms with E-state index < -0.39 is 9.05 Å². The van der Waals surface area contributed by atoms with Crippen molar-refractivity contribution in [2.24, 2.45) is 0 Å². The Balaban J connectivity index is 3.27. The predicted octanol–water partition coefficient (Wildman–Crippen LogP) is 2.45. The van der Waals surface area contributed by atoms with E-state index in [4.69, 9.17) is 27.0 Å². The Kier molecular flexibility index (Phi) is 3.81. The van der Waals surface area contributed by atoms with Gasteiger partial charge in [-0.15, -0.1) is 0 Å². The summed E-state index contributed by atoms with van der Waals surface area (Å²) in [7, 11) is 1.31. The molecule has 0 fully saturated rings. The van der Waals surface area contributed by atoms with Crippen LogP contribution in [-0.2, 0) is 9.05 Å². The number of hydrogen-bond donors (Lipinski definition) is 0. The molecule has 0 saturated carbocycles. The maximum Gasteiger partial charge on any atom is 0.266 e. The molecule has 0 radical (unpaired) electrons. The number of aromatic nitrogens is 1. The van der Waals surface area contributed by atoms with Gasteiger partial charge in [0.05, 0.1) is 11.1 Å². The van der Waals surface area contributed by atoms with Crippen LogP contribution in [0.5, 0.6) is 5.88 Å². The van der Waals surface area contributed by atoms with Crippen molar-refractivity contribution in [3.8, 4) is 5.88 Å². The third-order valence-electron chi connectivity index (χ3n) is 1.39. The number of ether oxygens (including phenoxy) is 1. The van der Waals surface area contributed by atoms with Crippen LogP contribution in [-0.4, -0.2) is 19.5 Å². The normalized spacial score (nSPS) is 11.8. The van der Waals surface area contributed by atoms with Gasteiger partial charge in [0.15, 0.2) is 0 Å². The summed E-state index contributed by atoms with van der Waals surface area (Å²) in [5, 5.41) is 0.185. The Morgan fingerprint density at radius 2 is 2.07 bits per heavy atom. The smallest absolute Gasteiger partial charge is 0.266 e. The Morgan fingerprint density at radius 3 is 2.53 bits per heavy atom. The minimum absolute atomic E-state index is 0.0376. The van der Waals surface area contributed by atoms with Gasteiger partial charge in [-0.05, 0) is 19.9 Å². The van der Waals surface area contributed by atoms with Gasteiger partial charge in [-0.3, -0.25) is 0 Å². The molecule has 7 heteroatoms. The van der Waals surface area contributed by atoms with E-state index in [9.17, 15) is 8.42 Å². The number of halogens is 2. The second kappa shape index (κ2) is 4.55. The third-order valence-corrected chi connectivity index (χ3v) is 2.92. The van der Waals surface area contributed by atoms with Gasteiger partial charge in [0.1, 0.15) is 4.90 Å². The van der Waals surface area contributed by atoms with Crippen molar-refractivity contribution >= 4 is 31.3 Å². The lowest BCUT2D eigenvalue weighted by Crippen LogP contribution is -2.09. The molecular formula is C8H9Cl2NO3S. The molecule has 0 bridgehead atoms. The van der Waals surface area contributed by atoms with Crippen LogP contribution in [0.25, 0.3) is 0 Å². The number of nitrogens with zero attached hydrogens (tertiary/aromatic N) is 1. The quantitative estimate of drug-likeness (QED) is 0.791. The number of hydrogen-bond acceptors (Lipinski definition) is 4. The second-order valence-electron chi connectivity index (χ2n) is 3.06. The molecule has 0 amide bonds. The van der Waals surface area contributed by atoms with E-state index >= 15 is 0 Å². The van der Waals surface area contributed by atoms with Gasteiger partial charge in [-0.2, -0.15) is 0 Å². The van der Waals surface area contributed by atoms with Crippen molar-refractivity contribution in [3.05, 3.63) is 17.3 Å². The summed E-state index contributed by atoms with van der Waals surface area (Å²) < 4.78 is 27.5. The monoisotopic (exact) mass is 269 g/mol. The molecule has 0 aromatic carbocycles. The van der Waals surface area contributed by atoms with E-state index in [2.05, 4.69) is 4.98 Å². The zero-order chi connectivity index (χ0) is 11.6. The SMILES string of the molecule is CC(C)Oc1ncc(Cl)cc1S(=O)(=O)Cl. The van der Waals surface area contributed by atoms with Crippen LogP contribution in [0.15, 0.2) is 17.2 Å². The molecule has 0 unspecified atom stereocenters. The summed E-state index contributed by atoms with van der Waals surface area (Å²) >= 11 is 5.62. The Bertz CT molecular complexity index is 459. The lowest BCUT2D eigenvalue weighted by Gasteiger charge is -2.11. The van der Waals surface area contributed by atoms with Gasteiger partial charge in [0, 0.05) is 16.9 Å². The van der Waals surface area contributed by atoms with E-state index in [1.165, 1.54) is 12.3 Å². The first-order valence-electron chi connectivity index (χ1n) is 4.07. The van der Waals surface area contributed by atoms with E-state index in [-0.39, 0.29) is 21.9 Å². The number of rotatable bonds is 3. The van der Waals surface area contributed by atoms with E-state index in [0.717, 1.165) is 0 Å². The van der Waals surface area contributed by atoms with E-state index in [1.807, 2.05) is 0 Å². The highest BCUT2D eigenvalue weighted by molar-refractivity contribution is 8.13. The van der Waals surface area contributed by atoms with E-state index in [1.54, 1.807) is 13.8 Å². The van der Waals surface area contributed by atoms with Crippen molar-refractivity contribution in [3.63, 3.8) is 0 Å². The first-order chi connectivity index (χ1) is 6.80. The molecule has 1 aromatic rings. The Labute approximate surface area is 97.6 Å². The number of pyridine rings is 1. The zero-order valence-electron chi connectivity index (χ0n) is 8.07. The molecule has 0 spiro atoms. The average molecular weight is 270 g/mol. The average Bonchev–Trinajstić information content (AvgIpc) is 2.05. The van der Waals surface area contributed by atoms with Crippen molar-refractivity contribution in [1.82, 2.24) is 4.98 Å². The molecule has 0 aliphatic carbocycles. The summed E-state index contributed by atoms with van der Waals surface area (Å²) in [6, 6.07) is 1.20. The predicted molar refractivity (Wildman–Crippen MR) is 58.0 cm³/mol. The molecule has 1 rings (SSSR count). The molecule has 0 saturated heterocycles. The third kappa shape index (κ3) is 3.52. The molecule has 15 heavy (non-hydrogen) atoms. The van der Waals surface area contributed by atoms with Gasteiger partial charge in [-0.1, -0.05) is 11.6 Å². The van der Waals surface area contributed by atoms with Crippen LogP contribution < -0.4 is 4.74 Å². The molecule has 1 heterocycles. The first-order valence-corrected chi connectivity index (χ1v) is 6.76. The van der Waals surface area contributed by atoms with Crippen LogP contribution in [0.4, 0.5) is 0 Å². The van der Waals surface area contributed by atoms with Crippen molar-refractivity contribution < 1.29 is 13.2 Å². The zero-order valence-corrected chi connectivity index (χ0v) is 10.4. The van der Waals surface area contributed by atoms with Gasteiger partial charge < -0.3 is 4.74 Å². The highest BCUT2D eigenvalue weighted by Gasteiger charge is 2.19. The molecule has 84 valence electrons. The summed E-state index contributed by atoms with van der Waals surface area (Å²) in [4.78, 5) is 3.55. The van der Waals surface area contributed by atoms with E-state index in [0.29, 0.717) is 0 Å². The molecule has 1 aromatic heterocycles. The standard InChI is InChI=1S/C8H9Cl2NO3S/c1-5(2)14-8-7(15(10,12)13)3-6(9)4-11-8/h3-5H,1-2H3. The van der Waals surface area contributed by atoms with Gasteiger partial charge in [-0.25, -0.2) is 13.4 Å². The van der Waals surface area contributed by atoms with Crippen LogP contribution in [0.3, 0.4) is 0 Å². The fraction of sp³-hybridized carbons (Fsp3) is 0.375. The topological polar surface area (TPSA) is 56.3 Å². The van der Waals surface area contributed by atoms with Crippen LogP contribution in [0.1, 0.15) is 13.8 Å². The maximum atomic E-state index is 11.2. The lowest BCUT2D eigenvalue weighted by atomic mass is 10.4. The minimum atomic E-state index is -3.90. The largest absolute Gasteiger partial charge is 0.474 e. The second-order valence-corrected chi connectivity index (χ2v) is 6.03. The van der Waals surface area contributed by atoms with Crippen LogP contribution in [0, 0.1) is 0 Å². The van der Waals surface area contributed by atoms with Crippen LogP contribution in [0.2, 0.25) is 5.02 Å². The van der Waals surface area contributed by atoms with Crippen molar-refractivity contribution in [2.45, 2.75) is 24.8 Å². The first kappa shape index (κ1) is 12.5. The Morgan fingerprint density at radius 1 is 1.47 bits per heavy atom. The van der Waals surface area contributed by atoms with Gasteiger partial charge in [0.25, 0.3) is 9.05 Å². The highest BCUT2D eigenvalue weighted by atomic mass is 35.7. The van der Waals surface area contributed by atoms with Gasteiger partial charge in [0.2, 0.25) is 5.88 Å². The molecular weight excluding hydrogens is 261 g/mol. The van der Waals surface area contributed by atoms with Crippen LogP contribution >= 0.6 is 22.3 Å². The minimum Gasteiger partial charge on any atom is -0.474 e.